The normalized spacial score (nSPS) is 35.4. The average molecular weight is 225 g/mol. The lowest BCUT2D eigenvalue weighted by atomic mass is 10.00. The second-order valence-corrected chi connectivity index (χ2v) is 4.90. The zero-order valence-corrected chi connectivity index (χ0v) is 9.59. The smallest absolute Gasteiger partial charge is 0.330 e. The van der Waals surface area contributed by atoms with Crippen LogP contribution in [-0.4, -0.2) is 45.8 Å². The summed E-state index contributed by atoms with van der Waals surface area (Å²) in [5.41, 5.74) is 0.408. The maximum atomic E-state index is 10.7. The Bertz CT molecular complexity index is 299. The molecule has 0 radical (unpaired) electrons. The van der Waals surface area contributed by atoms with Gasteiger partial charge in [0.25, 0.3) is 0 Å². The van der Waals surface area contributed by atoms with E-state index in [0.29, 0.717) is 24.2 Å². The number of fused-ring (bicyclic) bond motifs is 2. The first-order valence-electron chi connectivity index (χ1n) is 5.91. The number of carbonyl (C=O) groups is 1. The van der Waals surface area contributed by atoms with Gasteiger partial charge in [-0.3, -0.25) is 4.90 Å². The Balaban J connectivity index is 1.97. The molecule has 0 spiro atoms. The number of hydrogen-bond acceptors (Lipinski definition) is 3. The third kappa shape index (κ3) is 2.28. The van der Waals surface area contributed by atoms with Crippen LogP contribution < -0.4 is 0 Å². The van der Waals surface area contributed by atoms with E-state index >= 15 is 0 Å². The van der Waals surface area contributed by atoms with Crippen LogP contribution in [0.15, 0.2) is 11.6 Å². The first-order chi connectivity index (χ1) is 7.58. The minimum atomic E-state index is -0.843. The molecule has 0 aliphatic carbocycles. The summed E-state index contributed by atoms with van der Waals surface area (Å²) in [5, 5.41) is 18.4. The lowest BCUT2D eigenvalue weighted by Crippen LogP contribution is -2.44. The van der Waals surface area contributed by atoms with E-state index in [1.165, 1.54) is 0 Å². The van der Waals surface area contributed by atoms with Crippen LogP contribution in [0.1, 0.15) is 32.6 Å². The topological polar surface area (TPSA) is 60.8 Å². The van der Waals surface area contributed by atoms with E-state index in [1.807, 2.05) is 0 Å². The van der Waals surface area contributed by atoms with Crippen molar-refractivity contribution in [1.82, 2.24) is 4.90 Å². The molecule has 0 amide bonds. The molecule has 0 aromatic heterocycles. The Morgan fingerprint density at radius 2 is 1.94 bits per heavy atom. The molecule has 2 atom stereocenters. The molecule has 2 rings (SSSR count). The summed E-state index contributed by atoms with van der Waals surface area (Å²) in [6.45, 7) is 2.34. The molecule has 0 aromatic carbocycles. The Labute approximate surface area is 95.6 Å². The van der Waals surface area contributed by atoms with Crippen LogP contribution in [0.2, 0.25) is 0 Å². The van der Waals surface area contributed by atoms with Crippen molar-refractivity contribution >= 4 is 5.97 Å². The Morgan fingerprint density at radius 3 is 2.44 bits per heavy atom. The summed E-state index contributed by atoms with van der Waals surface area (Å²) in [6.07, 6.45) is 5.60. The molecule has 2 heterocycles. The van der Waals surface area contributed by atoms with E-state index in [2.05, 4.69) is 4.90 Å². The highest BCUT2D eigenvalue weighted by molar-refractivity contribution is 5.85. The fourth-order valence-electron chi connectivity index (χ4n) is 2.87. The van der Waals surface area contributed by atoms with Crippen molar-refractivity contribution in [3.05, 3.63) is 11.6 Å². The number of nitrogens with zero attached hydrogens (tertiary/aromatic N) is 1. The molecule has 2 aliphatic heterocycles. The number of piperidine rings is 1. The fraction of sp³-hybridized carbons (Fsp3) is 0.750. The molecule has 0 aromatic rings. The van der Waals surface area contributed by atoms with Gasteiger partial charge in [0.2, 0.25) is 0 Å². The average Bonchev–Trinajstić information content (AvgIpc) is 2.45. The van der Waals surface area contributed by atoms with Crippen LogP contribution in [-0.2, 0) is 4.79 Å². The van der Waals surface area contributed by atoms with Crippen molar-refractivity contribution in [2.24, 2.45) is 0 Å². The van der Waals surface area contributed by atoms with Gasteiger partial charge in [-0.05, 0) is 32.6 Å². The van der Waals surface area contributed by atoms with Crippen LogP contribution in [0.4, 0.5) is 0 Å². The van der Waals surface area contributed by atoms with Crippen molar-refractivity contribution in [2.75, 3.05) is 6.54 Å². The van der Waals surface area contributed by atoms with E-state index in [4.69, 9.17) is 5.11 Å². The van der Waals surface area contributed by atoms with E-state index < -0.39 is 5.97 Å². The third-order valence-corrected chi connectivity index (χ3v) is 3.81. The van der Waals surface area contributed by atoms with Gasteiger partial charge >= 0.3 is 5.97 Å². The van der Waals surface area contributed by atoms with Gasteiger partial charge < -0.3 is 10.2 Å². The van der Waals surface area contributed by atoms with Crippen LogP contribution in [0.25, 0.3) is 0 Å². The molecule has 2 unspecified atom stereocenters. The summed E-state index contributed by atoms with van der Waals surface area (Å²) in [5.74, 6) is -0.843. The summed E-state index contributed by atoms with van der Waals surface area (Å²) >= 11 is 0. The predicted molar refractivity (Wildman–Crippen MR) is 60.1 cm³/mol. The molecule has 90 valence electrons. The Hall–Kier alpha value is -0.870. The quantitative estimate of drug-likeness (QED) is 0.704. The molecule has 2 saturated heterocycles. The van der Waals surface area contributed by atoms with E-state index in [-0.39, 0.29) is 6.10 Å². The summed E-state index contributed by atoms with van der Waals surface area (Å²) in [4.78, 5) is 13.0. The lowest BCUT2D eigenvalue weighted by Gasteiger charge is -2.36. The second kappa shape index (κ2) is 4.55. The van der Waals surface area contributed by atoms with Gasteiger partial charge in [-0.15, -0.1) is 0 Å². The van der Waals surface area contributed by atoms with Crippen molar-refractivity contribution in [2.45, 2.75) is 50.8 Å². The molecule has 2 bridgehead atoms. The van der Waals surface area contributed by atoms with Gasteiger partial charge in [-0.1, -0.05) is 6.08 Å². The Morgan fingerprint density at radius 1 is 1.38 bits per heavy atom. The largest absolute Gasteiger partial charge is 0.478 e. The monoisotopic (exact) mass is 225 g/mol. The summed E-state index contributed by atoms with van der Waals surface area (Å²) < 4.78 is 0. The standard InChI is InChI=1S/C12H19NO3/c1-8(12(15)16)4-5-13-9-2-3-10(13)7-11(14)6-9/h4,9-11,14H,2-3,5-7H2,1H3,(H,15,16). The molecular weight excluding hydrogens is 206 g/mol. The first kappa shape index (κ1) is 11.6. The van der Waals surface area contributed by atoms with Crippen molar-refractivity contribution < 1.29 is 15.0 Å². The van der Waals surface area contributed by atoms with Gasteiger partial charge in [0.15, 0.2) is 0 Å². The summed E-state index contributed by atoms with van der Waals surface area (Å²) in [7, 11) is 0. The maximum absolute atomic E-state index is 10.7. The van der Waals surface area contributed by atoms with Crippen molar-refractivity contribution in [3.63, 3.8) is 0 Å². The van der Waals surface area contributed by atoms with E-state index in [1.54, 1.807) is 13.0 Å². The predicted octanol–water partition coefficient (Wildman–Crippen LogP) is 1.01. The van der Waals surface area contributed by atoms with Crippen LogP contribution in [0, 0.1) is 0 Å². The van der Waals surface area contributed by atoms with Crippen LogP contribution in [0.3, 0.4) is 0 Å². The number of carboxylic acid groups (broad SMARTS) is 1. The zero-order chi connectivity index (χ0) is 11.7. The lowest BCUT2D eigenvalue weighted by molar-refractivity contribution is -0.132. The molecular formula is C12H19NO3. The highest BCUT2D eigenvalue weighted by Crippen LogP contribution is 2.35. The van der Waals surface area contributed by atoms with Gasteiger partial charge in [-0.2, -0.15) is 0 Å². The van der Waals surface area contributed by atoms with Crippen molar-refractivity contribution in [3.8, 4) is 0 Å². The Kier molecular flexibility index (Phi) is 3.30. The fourth-order valence-corrected chi connectivity index (χ4v) is 2.87. The first-order valence-corrected chi connectivity index (χ1v) is 5.91. The van der Waals surface area contributed by atoms with Gasteiger partial charge in [0, 0.05) is 24.2 Å². The van der Waals surface area contributed by atoms with Gasteiger partial charge in [-0.25, -0.2) is 4.79 Å². The molecule has 0 saturated carbocycles. The molecule has 2 fully saturated rings. The number of aliphatic hydroxyl groups excluding tert-OH is 1. The third-order valence-electron chi connectivity index (χ3n) is 3.81. The van der Waals surface area contributed by atoms with Crippen LogP contribution >= 0.6 is 0 Å². The minimum Gasteiger partial charge on any atom is -0.478 e. The minimum absolute atomic E-state index is 0.154. The number of carboxylic acids is 1. The highest BCUT2D eigenvalue weighted by Gasteiger charge is 2.39. The van der Waals surface area contributed by atoms with Gasteiger partial charge in [0.1, 0.15) is 0 Å². The van der Waals surface area contributed by atoms with Gasteiger partial charge in [0.05, 0.1) is 6.10 Å². The van der Waals surface area contributed by atoms with E-state index in [0.717, 1.165) is 25.7 Å². The maximum Gasteiger partial charge on any atom is 0.330 e. The van der Waals surface area contributed by atoms with E-state index in [9.17, 15) is 9.90 Å². The number of aliphatic hydroxyl groups is 1. The number of hydrogen-bond donors (Lipinski definition) is 2. The van der Waals surface area contributed by atoms with Crippen molar-refractivity contribution in [1.29, 1.82) is 0 Å². The molecule has 2 N–H and O–H groups in total. The van der Waals surface area contributed by atoms with Crippen LogP contribution in [0.5, 0.6) is 0 Å². The molecule has 2 aliphatic rings. The molecule has 4 nitrogen and oxygen atoms in total. The summed E-state index contributed by atoms with van der Waals surface area (Å²) in [6, 6.07) is 0.901. The molecule has 4 heteroatoms. The SMILES string of the molecule is CC(=CCN1C2CCC1CC(O)C2)C(=O)O. The highest BCUT2D eigenvalue weighted by atomic mass is 16.4. The number of aliphatic carboxylic acids is 1. The zero-order valence-electron chi connectivity index (χ0n) is 9.59. The second-order valence-electron chi connectivity index (χ2n) is 4.90. The molecule has 16 heavy (non-hydrogen) atoms. The number of rotatable bonds is 3.